The fourth-order valence-electron chi connectivity index (χ4n) is 3.77. The monoisotopic (exact) mass is 538 g/mol. The summed E-state index contributed by atoms with van der Waals surface area (Å²) in [4.78, 5) is 14.2. The Kier molecular flexibility index (Phi) is 16.0. The molecule has 2 heterocycles. The maximum absolute atomic E-state index is 9.44. The van der Waals surface area contributed by atoms with Gasteiger partial charge in [-0.1, -0.05) is 69.7 Å². The molecule has 0 aliphatic carbocycles. The number of rotatable bonds is 12. The summed E-state index contributed by atoms with van der Waals surface area (Å²) in [6.45, 7) is 14.8. The number of ether oxygens (including phenoxy) is 1. The molecule has 3 aromatic rings. The number of aromatic nitrogens is 2. The molecule has 0 bridgehead atoms. The number of hydrogen-bond acceptors (Lipinski definition) is 6. The van der Waals surface area contributed by atoms with Crippen LogP contribution in [0.1, 0.15) is 90.9 Å². The molecule has 0 radical (unpaired) electrons. The molecule has 39 heavy (non-hydrogen) atoms. The van der Waals surface area contributed by atoms with Crippen molar-refractivity contribution in [2.24, 2.45) is 5.73 Å². The Labute approximate surface area is 235 Å². The predicted octanol–water partition coefficient (Wildman–Crippen LogP) is 6.15. The fourth-order valence-corrected chi connectivity index (χ4v) is 3.77. The lowest BCUT2D eigenvalue weighted by molar-refractivity contribution is -0.115. The third-order valence-electron chi connectivity index (χ3n) is 5.67. The molecule has 3 rings (SSSR count). The summed E-state index contributed by atoms with van der Waals surface area (Å²) in [6, 6.07) is 16.4. The third kappa shape index (κ3) is 12.6. The van der Waals surface area contributed by atoms with Crippen molar-refractivity contribution in [3.8, 4) is 0 Å². The molecule has 1 unspecified atom stereocenters. The van der Waals surface area contributed by atoms with E-state index in [4.69, 9.17) is 20.6 Å². The van der Waals surface area contributed by atoms with Crippen LogP contribution in [0.15, 0.2) is 66.5 Å². The highest BCUT2D eigenvalue weighted by molar-refractivity contribution is 5.72. The lowest BCUT2D eigenvalue weighted by Gasteiger charge is -2.29. The van der Waals surface area contributed by atoms with E-state index in [1.807, 2.05) is 38.2 Å². The van der Waals surface area contributed by atoms with Gasteiger partial charge in [0, 0.05) is 23.5 Å². The fraction of sp³-hybridized carbons (Fsp3) is 0.500. The molecule has 2 aromatic heterocycles. The number of fused-ring (bicyclic) bond motifs is 1. The Hall–Kier alpha value is -3.00. The van der Waals surface area contributed by atoms with Gasteiger partial charge in [-0.25, -0.2) is 4.98 Å². The van der Waals surface area contributed by atoms with Crippen molar-refractivity contribution in [3.63, 3.8) is 0 Å². The van der Waals surface area contributed by atoms with Gasteiger partial charge in [-0.15, -0.1) is 0 Å². The molecule has 0 aliphatic heterocycles. The van der Waals surface area contributed by atoms with E-state index in [-0.39, 0.29) is 11.8 Å². The topological polar surface area (TPSA) is 102 Å². The largest absolute Gasteiger partial charge is 0.396 e. The molecule has 0 saturated carbocycles. The Balaban J connectivity index is 0.000000733. The Morgan fingerprint density at radius 2 is 1.79 bits per heavy atom. The Bertz CT molecular complexity index is 1110. The van der Waals surface area contributed by atoms with Gasteiger partial charge in [-0.2, -0.15) is 0 Å². The van der Waals surface area contributed by atoms with Gasteiger partial charge >= 0.3 is 0 Å². The minimum atomic E-state index is -0.478. The molecule has 0 spiro atoms. The van der Waals surface area contributed by atoms with Gasteiger partial charge in [0.05, 0.1) is 24.9 Å². The summed E-state index contributed by atoms with van der Waals surface area (Å²) in [5.41, 5.74) is 10.5. The predicted molar refractivity (Wildman–Crippen MR) is 162 cm³/mol. The van der Waals surface area contributed by atoms with Crippen molar-refractivity contribution >= 4 is 11.3 Å². The van der Waals surface area contributed by atoms with Crippen LogP contribution in [-0.4, -0.2) is 39.0 Å². The Morgan fingerprint density at radius 3 is 2.31 bits per heavy atom. The number of pyridine rings is 1. The number of carbonyl (C=O) groups is 1. The third-order valence-corrected chi connectivity index (χ3v) is 5.67. The lowest BCUT2D eigenvalue weighted by atomic mass is 10.00. The number of aliphatic hydroxyl groups is 1. The number of Topliss-reactive ketones (excluding diaryl/α,β-unsaturated/α-hetero) is 1. The molecule has 0 saturated heterocycles. The summed E-state index contributed by atoms with van der Waals surface area (Å²) in [5.74, 6) is 1.11. The van der Waals surface area contributed by atoms with Crippen LogP contribution in [0.25, 0.3) is 5.52 Å². The maximum atomic E-state index is 9.44. The van der Waals surface area contributed by atoms with Crippen LogP contribution in [-0.2, 0) is 22.6 Å². The number of benzene rings is 1. The quantitative estimate of drug-likeness (QED) is 0.256. The van der Waals surface area contributed by atoms with Crippen molar-refractivity contribution in [3.05, 3.63) is 83.6 Å². The average molecular weight is 539 g/mol. The van der Waals surface area contributed by atoms with Crippen LogP contribution in [0.3, 0.4) is 0 Å². The number of allylic oxidation sites excluding steroid dienone is 1. The van der Waals surface area contributed by atoms with Crippen molar-refractivity contribution in [1.29, 1.82) is 0 Å². The van der Waals surface area contributed by atoms with Crippen molar-refractivity contribution in [2.45, 2.75) is 92.3 Å². The standard InChI is InChI=1S/C25H34N4O.C4H10O.C3H6O/c1-5-11-23(25(3,4)26)28-22(18-30-17-19-12-8-7-9-13-19)24-27-16-21-15-10-14-20(6-2)29(21)24;1-2-3-4-5;1-3(2)4/h7-16,22,28H,5-6,17-18,26H2,1-4H3;5H,2-4H2,1H3;1-2H3/b23-11+;;. The number of aryl methyl sites for hydroxylation is 1. The summed E-state index contributed by atoms with van der Waals surface area (Å²) >= 11 is 0. The zero-order chi connectivity index (χ0) is 29.3. The molecular weight excluding hydrogens is 488 g/mol. The van der Waals surface area contributed by atoms with Gasteiger partial charge in [0.25, 0.3) is 0 Å². The normalized spacial score (nSPS) is 12.2. The molecule has 216 valence electrons. The second kappa shape index (κ2) is 18.3. The molecular formula is C32H50N4O3. The second-order valence-corrected chi connectivity index (χ2v) is 10.2. The van der Waals surface area contributed by atoms with Crippen LogP contribution in [0.4, 0.5) is 0 Å². The first-order valence-electron chi connectivity index (χ1n) is 14.0. The van der Waals surface area contributed by atoms with Gasteiger partial charge in [-0.3, -0.25) is 4.40 Å². The second-order valence-electron chi connectivity index (χ2n) is 10.2. The minimum absolute atomic E-state index is 0.121. The van der Waals surface area contributed by atoms with E-state index in [1.165, 1.54) is 19.5 Å². The highest BCUT2D eigenvalue weighted by Gasteiger charge is 2.25. The Morgan fingerprint density at radius 1 is 1.13 bits per heavy atom. The summed E-state index contributed by atoms with van der Waals surface area (Å²) < 4.78 is 8.37. The zero-order valence-corrected chi connectivity index (χ0v) is 25.0. The summed E-state index contributed by atoms with van der Waals surface area (Å²) in [5, 5.41) is 11.7. The number of imidazole rings is 1. The number of unbranched alkanes of at least 4 members (excludes halogenated alkanes) is 1. The van der Waals surface area contributed by atoms with Gasteiger partial charge in [0.15, 0.2) is 0 Å². The number of aliphatic hydroxyl groups excluding tert-OH is 1. The first-order valence-corrected chi connectivity index (χ1v) is 14.0. The first-order chi connectivity index (χ1) is 18.6. The molecule has 1 atom stereocenters. The van der Waals surface area contributed by atoms with Gasteiger partial charge in [-0.05, 0) is 64.7 Å². The molecule has 0 amide bonds. The number of nitrogens with two attached hydrogens (primary N) is 1. The number of nitrogens with zero attached hydrogens (tertiary/aromatic N) is 2. The van der Waals surface area contributed by atoms with E-state index in [1.54, 1.807) is 0 Å². The van der Waals surface area contributed by atoms with Crippen LogP contribution in [0, 0.1) is 0 Å². The SMILES string of the molecule is CC(C)=O.CC/C=C(/NC(COCc1ccccc1)c1ncc2cccc(CC)n12)C(C)(C)N.CCCCO. The first kappa shape index (κ1) is 34.0. The van der Waals surface area contributed by atoms with Crippen molar-refractivity contribution < 1.29 is 14.6 Å². The van der Waals surface area contributed by atoms with Crippen molar-refractivity contribution in [2.75, 3.05) is 13.2 Å². The smallest absolute Gasteiger partial charge is 0.138 e. The molecule has 1 aromatic carbocycles. The number of ketones is 1. The average Bonchev–Trinajstić information content (AvgIpc) is 3.32. The molecule has 7 nitrogen and oxygen atoms in total. The van der Waals surface area contributed by atoms with E-state index < -0.39 is 5.54 Å². The van der Waals surface area contributed by atoms with Gasteiger partial charge in [0.1, 0.15) is 17.6 Å². The lowest BCUT2D eigenvalue weighted by Crippen LogP contribution is -2.43. The van der Waals surface area contributed by atoms with E-state index in [9.17, 15) is 4.79 Å². The molecule has 7 heteroatoms. The van der Waals surface area contributed by atoms with Crippen LogP contribution in [0.5, 0.6) is 0 Å². The van der Waals surface area contributed by atoms with E-state index in [2.05, 4.69) is 66.9 Å². The van der Waals surface area contributed by atoms with Crippen LogP contribution in [0.2, 0.25) is 0 Å². The van der Waals surface area contributed by atoms with Gasteiger partial charge < -0.3 is 25.7 Å². The summed E-state index contributed by atoms with van der Waals surface area (Å²) in [6.07, 6.45) is 7.95. The minimum Gasteiger partial charge on any atom is -0.396 e. The summed E-state index contributed by atoms with van der Waals surface area (Å²) in [7, 11) is 0. The molecule has 4 N–H and O–H groups in total. The molecule has 0 fully saturated rings. The van der Waals surface area contributed by atoms with Crippen molar-refractivity contribution in [1.82, 2.24) is 14.7 Å². The molecule has 0 aliphatic rings. The zero-order valence-electron chi connectivity index (χ0n) is 25.0. The van der Waals surface area contributed by atoms with Gasteiger partial charge in [0.2, 0.25) is 0 Å². The number of nitrogens with one attached hydrogen (secondary N) is 1. The highest BCUT2D eigenvalue weighted by Crippen LogP contribution is 2.22. The maximum Gasteiger partial charge on any atom is 0.138 e. The van der Waals surface area contributed by atoms with E-state index in [0.717, 1.165) is 48.3 Å². The van der Waals surface area contributed by atoms with E-state index in [0.29, 0.717) is 19.8 Å². The van der Waals surface area contributed by atoms with E-state index >= 15 is 0 Å². The number of carbonyl (C=O) groups excluding carboxylic acids is 1. The number of hydrogen-bond donors (Lipinski definition) is 3. The van der Waals surface area contributed by atoms with Crippen LogP contribution >= 0.6 is 0 Å². The highest BCUT2D eigenvalue weighted by atomic mass is 16.5. The van der Waals surface area contributed by atoms with Crippen LogP contribution < -0.4 is 11.1 Å².